The number of benzene rings is 2. The van der Waals surface area contributed by atoms with E-state index < -0.39 is 23.6 Å². The molecule has 10 heteroatoms. The minimum Gasteiger partial charge on any atom is -0.493 e. The molecule has 2 aromatic rings. The lowest BCUT2D eigenvalue weighted by Crippen LogP contribution is -2.36. The SMILES string of the molecule is C=CCOc1c(Br)cc(/C=C2/SC(=O)N(CC(=O)Nc3ccccc3Cl)C2=O)cc1OC. The summed E-state index contributed by atoms with van der Waals surface area (Å²) in [4.78, 5) is 38.5. The molecule has 3 amide bonds. The van der Waals surface area contributed by atoms with E-state index in [1.807, 2.05) is 0 Å². The molecule has 7 nitrogen and oxygen atoms in total. The molecular formula is C22H18BrClN2O5S. The van der Waals surface area contributed by atoms with E-state index in [0.29, 0.717) is 38.9 Å². The second-order valence-electron chi connectivity index (χ2n) is 6.43. The van der Waals surface area contributed by atoms with Crippen molar-refractivity contribution in [3.63, 3.8) is 0 Å². The zero-order valence-corrected chi connectivity index (χ0v) is 20.1. The van der Waals surface area contributed by atoms with Crippen molar-refractivity contribution in [3.05, 3.63) is 69.0 Å². The maximum absolute atomic E-state index is 12.8. The van der Waals surface area contributed by atoms with Gasteiger partial charge >= 0.3 is 0 Å². The van der Waals surface area contributed by atoms with Gasteiger partial charge in [-0.1, -0.05) is 36.4 Å². The summed E-state index contributed by atoms with van der Waals surface area (Å²) in [5.41, 5.74) is 1.02. The predicted molar refractivity (Wildman–Crippen MR) is 129 cm³/mol. The van der Waals surface area contributed by atoms with Crippen LogP contribution < -0.4 is 14.8 Å². The number of amides is 3. The highest BCUT2D eigenvalue weighted by molar-refractivity contribution is 9.10. The van der Waals surface area contributed by atoms with Crippen LogP contribution in [-0.4, -0.2) is 42.2 Å². The fraction of sp³-hybridized carbons (Fsp3) is 0.136. The van der Waals surface area contributed by atoms with Gasteiger partial charge < -0.3 is 14.8 Å². The summed E-state index contributed by atoms with van der Waals surface area (Å²) in [6.45, 7) is 3.49. The minimum absolute atomic E-state index is 0.189. The number of hydrogen-bond acceptors (Lipinski definition) is 6. The molecule has 1 N–H and O–H groups in total. The van der Waals surface area contributed by atoms with E-state index in [-0.39, 0.29) is 4.91 Å². The molecule has 3 rings (SSSR count). The third kappa shape index (κ3) is 5.53. The average Bonchev–Trinajstić information content (AvgIpc) is 3.01. The summed E-state index contributed by atoms with van der Waals surface area (Å²) in [6.07, 6.45) is 3.17. The monoisotopic (exact) mass is 536 g/mol. The lowest BCUT2D eigenvalue weighted by Gasteiger charge is -2.13. The number of nitrogens with zero attached hydrogens (tertiary/aromatic N) is 1. The fourth-order valence-electron chi connectivity index (χ4n) is 2.79. The van der Waals surface area contributed by atoms with Gasteiger partial charge in [0.05, 0.1) is 27.2 Å². The van der Waals surface area contributed by atoms with Crippen LogP contribution in [-0.2, 0) is 9.59 Å². The number of para-hydroxylation sites is 1. The normalized spacial score (nSPS) is 14.6. The molecule has 0 unspecified atom stereocenters. The Morgan fingerprint density at radius 2 is 2.06 bits per heavy atom. The van der Waals surface area contributed by atoms with Gasteiger partial charge in [-0.3, -0.25) is 19.3 Å². The van der Waals surface area contributed by atoms with Gasteiger partial charge in [0.25, 0.3) is 11.1 Å². The molecule has 166 valence electrons. The average molecular weight is 538 g/mol. The number of ether oxygens (including phenoxy) is 2. The second-order valence-corrected chi connectivity index (χ2v) is 8.68. The number of imide groups is 1. The summed E-state index contributed by atoms with van der Waals surface area (Å²) < 4.78 is 11.6. The van der Waals surface area contributed by atoms with E-state index in [0.717, 1.165) is 16.7 Å². The number of hydrogen-bond donors (Lipinski definition) is 1. The maximum Gasteiger partial charge on any atom is 0.294 e. The Morgan fingerprint density at radius 1 is 1.31 bits per heavy atom. The smallest absolute Gasteiger partial charge is 0.294 e. The highest BCUT2D eigenvalue weighted by Crippen LogP contribution is 2.39. The lowest BCUT2D eigenvalue weighted by molar-refractivity contribution is -0.127. The number of methoxy groups -OCH3 is 1. The van der Waals surface area contributed by atoms with Crippen molar-refractivity contribution in [1.29, 1.82) is 0 Å². The molecule has 1 heterocycles. The summed E-state index contributed by atoms with van der Waals surface area (Å²) >= 11 is 10.2. The first kappa shape index (κ1) is 23.9. The van der Waals surface area contributed by atoms with Gasteiger partial charge in [-0.25, -0.2) is 0 Å². The largest absolute Gasteiger partial charge is 0.493 e. The van der Waals surface area contributed by atoms with Crippen LogP contribution in [0.3, 0.4) is 0 Å². The first-order chi connectivity index (χ1) is 15.3. The molecule has 1 fully saturated rings. The van der Waals surface area contributed by atoms with E-state index in [9.17, 15) is 14.4 Å². The Kier molecular flexibility index (Phi) is 8.00. The van der Waals surface area contributed by atoms with E-state index in [2.05, 4.69) is 27.8 Å². The minimum atomic E-state index is -0.559. The van der Waals surface area contributed by atoms with Crippen molar-refractivity contribution in [2.75, 3.05) is 25.6 Å². The number of rotatable bonds is 8. The molecule has 1 aliphatic heterocycles. The number of halogens is 2. The van der Waals surface area contributed by atoms with Crippen molar-refractivity contribution in [2.45, 2.75) is 0 Å². The van der Waals surface area contributed by atoms with Gasteiger partial charge in [0.2, 0.25) is 5.91 Å². The molecule has 0 aliphatic carbocycles. The van der Waals surface area contributed by atoms with Crippen LogP contribution in [0.15, 0.2) is 58.4 Å². The van der Waals surface area contributed by atoms with E-state index in [4.69, 9.17) is 21.1 Å². The number of carbonyl (C=O) groups excluding carboxylic acids is 3. The molecule has 32 heavy (non-hydrogen) atoms. The van der Waals surface area contributed by atoms with Gasteiger partial charge in [0.15, 0.2) is 11.5 Å². The van der Waals surface area contributed by atoms with Crippen molar-refractivity contribution in [1.82, 2.24) is 4.90 Å². The number of thioether (sulfide) groups is 1. The van der Waals surface area contributed by atoms with Crippen LogP contribution in [0.1, 0.15) is 5.56 Å². The highest BCUT2D eigenvalue weighted by Gasteiger charge is 2.36. The van der Waals surface area contributed by atoms with Crippen molar-refractivity contribution in [2.24, 2.45) is 0 Å². The van der Waals surface area contributed by atoms with E-state index in [1.54, 1.807) is 48.6 Å². The quantitative estimate of drug-likeness (QED) is 0.361. The Morgan fingerprint density at radius 3 is 2.75 bits per heavy atom. The molecule has 0 spiro atoms. The van der Waals surface area contributed by atoms with Crippen molar-refractivity contribution < 1.29 is 23.9 Å². The van der Waals surface area contributed by atoms with Crippen LogP contribution in [0.5, 0.6) is 11.5 Å². The Bertz CT molecular complexity index is 1120. The molecule has 0 radical (unpaired) electrons. The summed E-state index contributed by atoms with van der Waals surface area (Å²) in [6, 6.07) is 10.1. The molecule has 1 saturated heterocycles. The molecule has 0 atom stereocenters. The van der Waals surface area contributed by atoms with Crippen LogP contribution in [0.2, 0.25) is 5.02 Å². The first-order valence-corrected chi connectivity index (χ1v) is 11.2. The molecule has 0 aromatic heterocycles. The molecule has 2 aromatic carbocycles. The molecular weight excluding hydrogens is 520 g/mol. The van der Waals surface area contributed by atoms with E-state index >= 15 is 0 Å². The van der Waals surface area contributed by atoms with Crippen LogP contribution >= 0.6 is 39.3 Å². The summed E-state index contributed by atoms with van der Waals surface area (Å²) in [7, 11) is 1.50. The third-order valence-electron chi connectivity index (χ3n) is 4.22. The number of nitrogens with one attached hydrogen (secondary N) is 1. The van der Waals surface area contributed by atoms with Gasteiger partial charge in [0, 0.05) is 0 Å². The molecule has 1 aliphatic rings. The first-order valence-electron chi connectivity index (χ1n) is 9.25. The standard InChI is InChI=1S/C22H18BrClN2O5S/c1-3-8-31-20-14(23)9-13(10-17(20)30-2)11-18-21(28)26(22(29)32-18)12-19(27)25-16-7-5-4-6-15(16)24/h3-7,9-11H,1,8,12H2,2H3,(H,25,27)/b18-11+. The summed E-state index contributed by atoms with van der Waals surface area (Å²) in [5, 5.41) is 2.42. The molecule has 0 saturated carbocycles. The Hall–Kier alpha value is -2.75. The zero-order chi connectivity index (χ0) is 23.3. The number of anilines is 1. The van der Waals surface area contributed by atoms with Crippen molar-refractivity contribution >= 4 is 68.1 Å². The summed E-state index contributed by atoms with van der Waals surface area (Å²) in [5.74, 6) is -0.147. The number of carbonyl (C=O) groups is 3. The van der Waals surface area contributed by atoms with Gasteiger partial charge in [-0.2, -0.15) is 0 Å². The van der Waals surface area contributed by atoms with Gasteiger partial charge in [0.1, 0.15) is 13.2 Å². The maximum atomic E-state index is 12.8. The fourth-order valence-corrected chi connectivity index (χ4v) is 4.38. The zero-order valence-electron chi connectivity index (χ0n) is 16.9. The topological polar surface area (TPSA) is 84.9 Å². The second kappa shape index (κ2) is 10.7. The lowest BCUT2D eigenvalue weighted by atomic mass is 10.2. The highest BCUT2D eigenvalue weighted by atomic mass is 79.9. The third-order valence-corrected chi connectivity index (χ3v) is 6.04. The van der Waals surface area contributed by atoms with E-state index in [1.165, 1.54) is 7.11 Å². The Balaban J connectivity index is 1.76. The van der Waals surface area contributed by atoms with Crippen LogP contribution in [0.25, 0.3) is 6.08 Å². The van der Waals surface area contributed by atoms with Crippen LogP contribution in [0, 0.1) is 0 Å². The predicted octanol–water partition coefficient (Wildman–Crippen LogP) is 5.35. The van der Waals surface area contributed by atoms with Crippen LogP contribution in [0.4, 0.5) is 10.5 Å². The van der Waals surface area contributed by atoms with Gasteiger partial charge in [-0.05, 0) is 63.6 Å². The molecule has 0 bridgehead atoms. The van der Waals surface area contributed by atoms with Gasteiger partial charge in [-0.15, -0.1) is 0 Å². The van der Waals surface area contributed by atoms with Crippen molar-refractivity contribution in [3.8, 4) is 11.5 Å². The Labute approximate surface area is 202 Å².